The number of thiazole rings is 1. The van der Waals surface area contributed by atoms with Gasteiger partial charge in [-0.2, -0.15) is 0 Å². The monoisotopic (exact) mass is 213 g/mol. The third-order valence-corrected chi connectivity index (χ3v) is 2.92. The molecule has 0 bridgehead atoms. The zero-order valence-electron chi connectivity index (χ0n) is 8.36. The minimum atomic E-state index is -0.405. The molecule has 3 N–H and O–H groups in total. The van der Waals surface area contributed by atoms with Crippen molar-refractivity contribution in [2.75, 3.05) is 0 Å². The lowest BCUT2D eigenvalue weighted by molar-refractivity contribution is -0.120. The molecular weight excluding hydrogens is 198 g/mol. The zero-order valence-corrected chi connectivity index (χ0v) is 9.17. The zero-order chi connectivity index (χ0) is 10.6. The van der Waals surface area contributed by atoms with Crippen LogP contribution in [0.25, 0.3) is 0 Å². The van der Waals surface area contributed by atoms with Crippen LogP contribution in [0.15, 0.2) is 11.7 Å². The lowest BCUT2D eigenvalue weighted by Crippen LogP contribution is -2.38. The molecule has 1 aromatic heterocycles. The first-order valence-electron chi connectivity index (χ1n) is 4.59. The Morgan fingerprint density at radius 1 is 1.79 bits per heavy atom. The van der Waals surface area contributed by atoms with Crippen LogP contribution in [-0.2, 0) is 4.79 Å². The van der Waals surface area contributed by atoms with Crippen LogP contribution >= 0.6 is 11.3 Å². The number of primary amides is 1. The van der Waals surface area contributed by atoms with E-state index in [2.05, 4.69) is 17.2 Å². The Hall–Kier alpha value is -0.940. The smallest absolute Gasteiger partial charge is 0.240 e. The van der Waals surface area contributed by atoms with Crippen LogP contribution < -0.4 is 11.1 Å². The maximum Gasteiger partial charge on any atom is 0.240 e. The van der Waals surface area contributed by atoms with Gasteiger partial charge in [0.25, 0.3) is 0 Å². The van der Waals surface area contributed by atoms with E-state index in [1.165, 1.54) is 11.3 Å². The first-order chi connectivity index (χ1) is 6.65. The van der Waals surface area contributed by atoms with Crippen LogP contribution in [0.4, 0.5) is 0 Å². The van der Waals surface area contributed by atoms with Crippen LogP contribution in [0.3, 0.4) is 0 Å². The van der Waals surface area contributed by atoms with Crippen molar-refractivity contribution in [3.63, 3.8) is 0 Å². The molecule has 78 valence electrons. The molecule has 0 spiro atoms. The van der Waals surface area contributed by atoms with Gasteiger partial charge in [-0.1, -0.05) is 6.92 Å². The van der Waals surface area contributed by atoms with Crippen LogP contribution in [0, 0.1) is 0 Å². The molecule has 0 fully saturated rings. The lowest BCUT2D eigenvalue weighted by atomic mass is 10.2. The minimum Gasteiger partial charge on any atom is -0.368 e. The highest BCUT2D eigenvalue weighted by atomic mass is 32.1. The normalized spacial score (nSPS) is 15.0. The number of hydrogen-bond acceptors (Lipinski definition) is 4. The van der Waals surface area contributed by atoms with E-state index in [4.69, 9.17) is 5.73 Å². The van der Waals surface area contributed by atoms with E-state index in [-0.39, 0.29) is 11.9 Å². The number of rotatable bonds is 5. The third-order valence-electron chi connectivity index (χ3n) is 2.08. The molecule has 1 rings (SSSR count). The van der Waals surface area contributed by atoms with Gasteiger partial charge in [0.05, 0.1) is 10.4 Å². The highest BCUT2D eigenvalue weighted by molar-refractivity contribution is 7.09. The fraction of sp³-hybridized carbons (Fsp3) is 0.556. The van der Waals surface area contributed by atoms with Crippen molar-refractivity contribution in [1.82, 2.24) is 10.3 Å². The molecule has 0 saturated carbocycles. The van der Waals surface area contributed by atoms with E-state index in [1.54, 1.807) is 11.7 Å². The standard InChI is InChI=1S/C9H15N3OS/c1-3-6(2)12-8(9(10)13)7-4-11-5-14-7/h4-6,8,12H,3H2,1-2H3,(H2,10,13). The number of nitrogens with one attached hydrogen (secondary N) is 1. The van der Waals surface area contributed by atoms with Crippen LogP contribution in [-0.4, -0.2) is 16.9 Å². The second-order valence-corrected chi connectivity index (χ2v) is 4.13. The summed E-state index contributed by atoms with van der Waals surface area (Å²) < 4.78 is 0. The van der Waals surface area contributed by atoms with E-state index in [0.29, 0.717) is 0 Å². The number of aromatic nitrogens is 1. The molecular formula is C9H15N3OS. The molecule has 1 amide bonds. The molecule has 1 aromatic rings. The van der Waals surface area contributed by atoms with Crippen molar-refractivity contribution in [2.45, 2.75) is 32.4 Å². The molecule has 0 radical (unpaired) electrons. The lowest BCUT2D eigenvalue weighted by Gasteiger charge is -2.18. The quantitative estimate of drug-likeness (QED) is 0.768. The maximum absolute atomic E-state index is 11.2. The molecule has 2 unspecified atom stereocenters. The predicted octanol–water partition coefficient (Wildman–Crippen LogP) is 1.06. The molecule has 0 aliphatic rings. The molecule has 5 heteroatoms. The summed E-state index contributed by atoms with van der Waals surface area (Å²) >= 11 is 1.44. The van der Waals surface area contributed by atoms with Gasteiger partial charge < -0.3 is 5.73 Å². The largest absolute Gasteiger partial charge is 0.368 e. The van der Waals surface area contributed by atoms with E-state index in [9.17, 15) is 4.79 Å². The van der Waals surface area contributed by atoms with Crippen LogP contribution in [0.5, 0.6) is 0 Å². The second-order valence-electron chi connectivity index (χ2n) is 3.22. The van der Waals surface area contributed by atoms with Crippen LogP contribution in [0.1, 0.15) is 31.2 Å². The average molecular weight is 213 g/mol. The Bertz CT molecular complexity index is 286. The van der Waals surface area contributed by atoms with Crippen molar-refractivity contribution in [2.24, 2.45) is 5.73 Å². The van der Waals surface area contributed by atoms with E-state index >= 15 is 0 Å². The molecule has 14 heavy (non-hydrogen) atoms. The summed E-state index contributed by atoms with van der Waals surface area (Å²) in [7, 11) is 0. The summed E-state index contributed by atoms with van der Waals surface area (Å²) in [6.07, 6.45) is 2.64. The Kier molecular flexibility index (Phi) is 4.03. The molecule has 0 saturated heterocycles. The molecule has 2 atom stereocenters. The van der Waals surface area contributed by atoms with Crippen molar-refractivity contribution in [3.8, 4) is 0 Å². The molecule has 4 nitrogen and oxygen atoms in total. The predicted molar refractivity (Wildman–Crippen MR) is 56.9 cm³/mol. The SMILES string of the molecule is CCC(C)NC(C(N)=O)c1cncs1. The molecule has 0 aliphatic heterocycles. The minimum absolute atomic E-state index is 0.273. The van der Waals surface area contributed by atoms with Gasteiger partial charge in [0.15, 0.2) is 0 Å². The van der Waals surface area contributed by atoms with Gasteiger partial charge in [-0.25, -0.2) is 0 Å². The third kappa shape index (κ3) is 2.78. The van der Waals surface area contributed by atoms with Crippen molar-refractivity contribution in [3.05, 3.63) is 16.6 Å². The number of carbonyl (C=O) groups is 1. The van der Waals surface area contributed by atoms with Gasteiger partial charge in [-0.15, -0.1) is 11.3 Å². The molecule has 1 heterocycles. The topological polar surface area (TPSA) is 68.0 Å². The maximum atomic E-state index is 11.2. The van der Waals surface area contributed by atoms with Gasteiger partial charge in [0.1, 0.15) is 6.04 Å². The van der Waals surface area contributed by atoms with Crippen molar-refractivity contribution in [1.29, 1.82) is 0 Å². The number of amides is 1. The highest BCUT2D eigenvalue weighted by Gasteiger charge is 2.20. The molecule has 0 aromatic carbocycles. The summed E-state index contributed by atoms with van der Waals surface area (Å²) in [4.78, 5) is 16.0. The Morgan fingerprint density at radius 3 is 2.93 bits per heavy atom. The second kappa shape index (κ2) is 5.07. The number of hydrogen-bond donors (Lipinski definition) is 2. The van der Waals surface area contributed by atoms with Gasteiger partial charge in [0, 0.05) is 12.2 Å². The number of carbonyl (C=O) groups excluding carboxylic acids is 1. The summed E-state index contributed by atoms with van der Waals surface area (Å²) in [5.41, 5.74) is 7.01. The number of nitrogens with zero attached hydrogens (tertiary/aromatic N) is 1. The number of nitrogens with two attached hydrogens (primary N) is 1. The Labute approximate surface area is 87.5 Å². The van der Waals surface area contributed by atoms with Crippen molar-refractivity contribution >= 4 is 17.2 Å². The summed E-state index contributed by atoms with van der Waals surface area (Å²) in [6.45, 7) is 4.08. The fourth-order valence-electron chi connectivity index (χ4n) is 1.08. The van der Waals surface area contributed by atoms with E-state index in [0.717, 1.165) is 11.3 Å². The first kappa shape index (κ1) is 11.1. The average Bonchev–Trinajstić information content (AvgIpc) is 2.65. The van der Waals surface area contributed by atoms with E-state index in [1.807, 2.05) is 6.92 Å². The first-order valence-corrected chi connectivity index (χ1v) is 5.46. The van der Waals surface area contributed by atoms with Gasteiger partial charge in [0.2, 0.25) is 5.91 Å². The van der Waals surface area contributed by atoms with Crippen molar-refractivity contribution < 1.29 is 4.79 Å². The summed E-state index contributed by atoms with van der Waals surface area (Å²) in [5, 5.41) is 3.16. The highest BCUT2D eigenvalue weighted by Crippen LogP contribution is 2.17. The Balaban J connectivity index is 2.71. The fourth-order valence-corrected chi connectivity index (χ4v) is 1.76. The van der Waals surface area contributed by atoms with Crippen LogP contribution in [0.2, 0.25) is 0 Å². The van der Waals surface area contributed by atoms with Gasteiger partial charge in [-0.05, 0) is 13.3 Å². The van der Waals surface area contributed by atoms with Gasteiger partial charge >= 0.3 is 0 Å². The summed E-state index contributed by atoms with van der Waals surface area (Å²) in [6, 6.07) is -0.132. The van der Waals surface area contributed by atoms with Gasteiger partial charge in [-0.3, -0.25) is 15.1 Å². The summed E-state index contributed by atoms with van der Waals surface area (Å²) in [5.74, 6) is -0.352. The molecule has 0 aliphatic carbocycles. The Morgan fingerprint density at radius 2 is 2.50 bits per heavy atom. The van der Waals surface area contributed by atoms with E-state index < -0.39 is 6.04 Å².